The third kappa shape index (κ3) is 6.71. The van der Waals surface area contributed by atoms with Gasteiger partial charge in [0.2, 0.25) is 5.91 Å². The molecule has 5 fully saturated rings. The molecule has 12 atom stereocenters. The molecule has 1 aromatic carbocycles. The quantitative estimate of drug-likeness (QED) is 0.237. The summed E-state index contributed by atoms with van der Waals surface area (Å²) in [6, 6.07) is 7.79. The Balaban J connectivity index is 1.14. The predicted octanol–water partition coefficient (Wildman–Crippen LogP) is 8.70. The highest BCUT2D eigenvalue weighted by atomic mass is 35.5. The number of likely N-dealkylation sites (N-methyl/N-ethyl adjacent to an activating group) is 1. The Morgan fingerprint density at radius 2 is 1.55 bits per heavy atom. The fourth-order valence-electron chi connectivity index (χ4n) is 13.7. The second-order valence-corrected chi connectivity index (χ2v) is 20.3. The summed E-state index contributed by atoms with van der Waals surface area (Å²) < 4.78 is 6.25. The monoisotopic (exact) mass is 776 g/mol. The molecule has 0 spiro atoms. The van der Waals surface area contributed by atoms with Crippen LogP contribution in [0.4, 0.5) is 0 Å². The fraction of sp³-hybridized carbons (Fsp3) is 0.739. The zero-order valence-electron chi connectivity index (χ0n) is 34.5. The number of fused-ring (bicyclic) bond motifs is 7. The smallest absolute Gasteiger partial charge is 0.309 e. The van der Waals surface area contributed by atoms with Crippen molar-refractivity contribution in [1.29, 1.82) is 0 Å². The number of rotatable bonds is 10. The Morgan fingerprint density at radius 3 is 2.18 bits per heavy atom. The largest absolute Gasteiger partial charge is 0.481 e. The molecule has 1 N–H and O–H groups in total. The first-order valence-electron chi connectivity index (χ1n) is 21.3. The van der Waals surface area contributed by atoms with E-state index in [1.807, 2.05) is 50.2 Å². The highest BCUT2D eigenvalue weighted by molar-refractivity contribution is 6.30. The maximum Gasteiger partial charge on any atom is 0.309 e. The van der Waals surface area contributed by atoms with Gasteiger partial charge in [-0.3, -0.25) is 19.2 Å². The van der Waals surface area contributed by atoms with Gasteiger partial charge >= 0.3 is 11.9 Å². The van der Waals surface area contributed by atoms with Gasteiger partial charge in [0.15, 0.2) is 5.78 Å². The minimum Gasteiger partial charge on any atom is -0.481 e. The second-order valence-electron chi connectivity index (χ2n) is 19.9. The number of halogens is 1. The van der Waals surface area contributed by atoms with Gasteiger partial charge < -0.3 is 19.6 Å². The lowest BCUT2D eigenvalue weighted by molar-refractivity contribution is -0.197. The summed E-state index contributed by atoms with van der Waals surface area (Å²) in [5.41, 5.74) is 2.61. The average molecular weight is 777 g/mol. The Bertz CT molecular complexity index is 1720. The van der Waals surface area contributed by atoms with E-state index in [1.165, 1.54) is 5.57 Å². The molecule has 9 heteroatoms. The molecule has 7 rings (SSSR count). The number of carboxylic acids is 1. The lowest BCUT2D eigenvalue weighted by Gasteiger charge is -2.67. The molecular formula is C46H65ClN2O6. The van der Waals surface area contributed by atoms with Gasteiger partial charge in [-0.15, -0.1) is 0 Å². The Labute approximate surface area is 334 Å². The van der Waals surface area contributed by atoms with E-state index in [9.17, 15) is 19.5 Å². The number of ether oxygens (including phenoxy) is 1. The predicted molar refractivity (Wildman–Crippen MR) is 214 cm³/mol. The summed E-state index contributed by atoms with van der Waals surface area (Å²) in [5, 5.41) is 10.1. The number of aliphatic carboxylic acids is 1. The number of carbonyl (C=O) groups is 4. The molecule has 0 heterocycles. The van der Waals surface area contributed by atoms with E-state index in [0.29, 0.717) is 48.7 Å². The third-order valence-corrected chi connectivity index (χ3v) is 16.8. The van der Waals surface area contributed by atoms with Gasteiger partial charge in [0.05, 0.1) is 17.3 Å². The molecule has 0 aromatic heterocycles. The summed E-state index contributed by atoms with van der Waals surface area (Å²) in [7, 11) is 4.08. The van der Waals surface area contributed by atoms with Crippen molar-refractivity contribution in [3.63, 3.8) is 0 Å². The second kappa shape index (κ2) is 14.9. The molecule has 1 aromatic rings. The summed E-state index contributed by atoms with van der Waals surface area (Å²) in [4.78, 5) is 58.5. The zero-order valence-corrected chi connectivity index (χ0v) is 35.3. The van der Waals surface area contributed by atoms with Gasteiger partial charge in [-0.25, -0.2) is 0 Å². The van der Waals surface area contributed by atoms with Crippen molar-refractivity contribution < 1.29 is 29.0 Å². The van der Waals surface area contributed by atoms with Crippen LogP contribution in [0.3, 0.4) is 0 Å². The topological polar surface area (TPSA) is 104 Å². The molecule has 6 aliphatic rings. The number of Topliss-reactive ketones (excluding diaryl/α,β-unsaturated/α-hetero) is 1. The van der Waals surface area contributed by atoms with E-state index in [2.05, 4.69) is 39.5 Å². The van der Waals surface area contributed by atoms with Crippen LogP contribution in [-0.2, 0) is 30.5 Å². The number of hydrogen-bond acceptors (Lipinski definition) is 6. The SMILES string of the molecule is CC(C)C1=C2C3CCC4C(C)(CCC5C(C)C(OC(=O)C6CC(C(=O)O)C6C)CCC54C)C3CCC2(C(=O)N(CCN(C)C)Cc2ccc(Cl)cc2)CC1=O. The minimum atomic E-state index is -0.819. The number of benzene rings is 1. The van der Waals surface area contributed by atoms with Crippen molar-refractivity contribution >= 4 is 35.2 Å². The lowest BCUT2D eigenvalue weighted by Crippen LogP contribution is -2.61. The third-order valence-electron chi connectivity index (χ3n) is 16.6. The van der Waals surface area contributed by atoms with E-state index in [1.54, 1.807) is 0 Å². The first kappa shape index (κ1) is 40.5. The molecule has 12 unspecified atom stereocenters. The number of amides is 1. The molecule has 6 aliphatic carbocycles. The van der Waals surface area contributed by atoms with Crippen molar-refractivity contribution in [2.24, 2.45) is 69.5 Å². The molecule has 55 heavy (non-hydrogen) atoms. The van der Waals surface area contributed by atoms with Gasteiger partial charge in [0, 0.05) is 31.1 Å². The van der Waals surface area contributed by atoms with Crippen molar-refractivity contribution in [3.8, 4) is 0 Å². The maximum atomic E-state index is 15.3. The number of esters is 1. The molecule has 0 aliphatic heterocycles. The van der Waals surface area contributed by atoms with Crippen LogP contribution in [0.5, 0.6) is 0 Å². The first-order valence-corrected chi connectivity index (χ1v) is 21.7. The number of carboxylic acid groups (broad SMARTS) is 1. The summed E-state index contributed by atoms with van der Waals surface area (Å²) in [6.45, 7) is 15.3. The average Bonchev–Trinajstić information content (AvgIpc) is 3.44. The van der Waals surface area contributed by atoms with Crippen LogP contribution in [-0.4, -0.2) is 71.8 Å². The summed E-state index contributed by atoms with van der Waals surface area (Å²) >= 11 is 6.24. The molecule has 0 bridgehead atoms. The number of carbonyl (C=O) groups excluding carboxylic acids is 3. The van der Waals surface area contributed by atoms with Gasteiger partial charge in [-0.1, -0.05) is 65.3 Å². The van der Waals surface area contributed by atoms with Crippen LogP contribution < -0.4 is 0 Å². The Morgan fingerprint density at radius 1 is 0.891 bits per heavy atom. The lowest BCUT2D eigenvalue weighted by atomic mass is 9.38. The van der Waals surface area contributed by atoms with Gasteiger partial charge in [0.25, 0.3) is 0 Å². The van der Waals surface area contributed by atoms with E-state index in [0.717, 1.165) is 69.0 Å². The number of hydrogen-bond donors (Lipinski definition) is 1. The van der Waals surface area contributed by atoms with Crippen LogP contribution in [0, 0.1) is 69.5 Å². The maximum absolute atomic E-state index is 15.3. The van der Waals surface area contributed by atoms with E-state index in [-0.39, 0.29) is 64.2 Å². The number of ketones is 1. The van der Waals surface area contributed by atoms with Crippen LogP contribution in [0.25, 0.3) is 0 Å². The molecule has 0 saturated heterocycles. The van der Waals surface area contributed by atoms with Crippen molar-refractivity contribution in [2.45, 2.75) is 118 Å². The molecule has 8 nitrogen and oxygen atoms in total. The molecule has 5 saturated carbocycles. The molecule has 302 valence electrons. The van der Waals surface area contributed by atoms with E-state index < -0.39 is 17.3 Å². The van der Waals surface area contributed by atoms with Gasteiger partial charge in [-0.05, 0) is 153 Å². The van der Waals surface area contributed by atoms with Crippen LogP contribution in [0.15, 0.2) is 35.4 Å². The van der Waals surface area contributed by atoms with E-state index >= 15 is 4.79 Å². The highest BCUT2D eigenvalue weighted by Crippen LogP contribution is 2.72. The fourth-order valence-corrected chi connectivity index (χ4v) is 13.8. The number of nitrogens with zero attached hydrogens (tertiary/aromatic N) is 2. The minimum absolute atomic E-state index is 0.0676. The molecule has 0 radical (unpaired) electrons. The number of allylic oxidation sites excluding steroid dienone is 1. The van der Waals surface area contributed by atoms with Crippen molar-refractivity contribution in [1.82, 2.24) is 9.80 Å². The Kier molecular flexibility index (Phi) is 11.0. The van der Waals surface area contributed by atoms with Gasteiger partial charge in [-0.2, -0.15) is 0 Å². The normalized spacial score (nSPS) is 39.5. The molecular weight excluding hydrogens is 712 g/mol. The Hall–Kier alpha value is -2.71. The van der Waals surface area contributed by atoms with E-state index in [4.69, 9.17) is 16.3 Å². The van der Waals surface area contributed by atoms with Crippen LogP contribution in [0.1, 0.15) is 111 Å². The highest BCUT2D eigenvalue weighted by Gasteiger charge is 2.66. The zero-order chi connectivity index (χ0) is 39.8. The van der Waals surface area contributed by atoms with Gasteiger partial charge in [0.1, 0.15) is 6.10 Å². The van der Waals surface area contributed by atoms with Crippen molar-refractivity contribution in [2.75, 3.05) is 27.2 Å². The molecule has 1 amide bonds. The van der Waals surface area contributed by atoms with Crippen molar-refractivity contribution in [3.05, 3.63) is 46.0 Å². The van der Waals surface area contributed by atoms with Crippen LogP contribution in [0.2, 0.25) is 5.02 Å². The first-order chi connectivity index (χ1) is 25.9. The summed E-state index contributed by atoms with van der Waals surface area (Å²) in [5.74, 6) is 0.235. The van der Waals surface area contributed by atoms with Crippen LogP contribution >= 0.6 is 11.6 Å². The standard InChI is InChI=1S/C46H65ClN2O6/c1-26(2)39-36(50)24-46(43(54)49(22-21-48(7)8)25-29-9-11-30(47)12-10-29)20-16-35-31(40(39)46)13-14-38-44(5)19-17-37(28(4)34(44)15-18-45(35,38)6)55-42(53)33-23-32(27(33)3)41(51)52/h9-12,26-28,31-35,37-38H,13-25H2,1-8H3,(H,51,52). The summed E-state index contributed by atoms with van der Waals surface area (Å²) in [6.07, 6.45) is 8.37.